The molecule has 16 heavy (non-hydrogen) atoms. The monoisotopic (exact) mass is 292 g/mol. The van der Waals surface area contributed by atoms with Crippen molar-refractivity contribution >= 4 is 21.9 Å². The molecule has 0 amide bonds. The van der Waals surface area contributed by atoms with Crippen LogP contribution in [-0.2, 0) is 9.53 Å². The molecule has 0 spiro atoms. The Morgan fingerprint density at radius 2 is 1.62 bits per heavy atom. The zero-order valence-corrected chi connectivity index (χ0v) is 12.1. The minimum atomic E-state index is -0.0505. The largest absolute Gasteiger partial charge is 0.466 e. The fourth-order valence-corrected chi connectivity index (χ4v) is 1.81. The quantitative estimate of drug-likeness (QED) is 0.319. The van der Waals surface area contributed by atoms with Gasteiger partial charge in [0.05, 0.1) is 6.61 Å². The van der Waals surface area contributed by atoms with E-state index in [1.54, 1.807) is 0 Å². The predicted octanol–water partition coefficient (Wildman–Crippen LogP) is 4.46. The van der Waals surface area contributed by atoms with Crippen LogP contribution in [0.25, 0.3) is 0 Å². The van der Waals surface area contributed by atoms with Crippen molar-refractivity contribution in [1.29, 1.82) is 0 Å². The summed E-state index contributed by atoms with van der Waals surface area (Å²) in [5.74, 6) is -0.0505. The Labute approximate surface area is 108 Å². The molecule has 0 radical (unpaired) electrons. The molecular formula is C13H25BrO2. The number of esters is 1. The Kier molecular flexibility index (Phi) is 13.0. The van der Waals surface area contributed by atoms with E-state index in [0.29, 0.717) is 13.0 Å². The number of ether oxygens (including phenoxy) is 1. The smallest absolute Gasteiger partial charge is 0.305 e. The lowest BCUT2D eigenvalue weighted by Crippen LogP contribution is -2.05. The van der Waals surface area contributed by atoms with E-state index in [4.69, 9.17) is 4.74 Å². The number of halogens is 1. The summed E-state index contributed by atoms with van der Waals surface area (Å²) in [5, 5.41) is 0.875. The van der Waals surface area contributed by atoms with E-state index in [1.165, 1.54) is 38.5 Å². The summed E-state index contributed by atoms with van der Waals surface area (Å²) in [6, 6.07) is 0. The molecule has 0 unspecified atom stereocenters. The second-order valence-electron chi connectivity index (χ2n) is 4.13. The number of hydrogen-bond donors (Lipinski definition) is 0. The molecule has 0 aromatic carbocycles. The van der Waals surface area contributed by atoms with Gasteiger partial charge in [0.15, 0.2) is 0 Å². The maximum Gasteiger partial charge on any atom is 0.305 e. The van der Waals surface area contributed by atoms with Crippen LogP contribution in [0.3, 0.4) is 0 Å². The molecule has 0 rings (SSSR count). The highest BCUT2D eigenvalue weighted by Gasteiger charge is 2.00. The van der Waals surface area contributed by atoms with Crippen molar-refractivity contribution in [3.8, 4) is 0 Å². The lowest BCUT2D eigenvalue weighted by atomic mass is 10.1. The van der Waals surface area contributed by atoms with Gasteiger partial charge in [0.1, 0.15) is 0 Å². The van der Waals surface area contributed by atoms with Crippen LogP contribution in [0.15, 0.2) is 0 Å². The molecule has 0 saturated heterocycles. The van der Waals surface area contributed by atoms with Gasteiger partial charge in [0, 0.05) is 11.8 Å². The molecule has 0 aromatic heterocycles. The molecule has 0 heterocycles. The lowest BCUT2D eigenvalue weighted by Gasteiger charge is -2.04. The van der Waals surface area contributed by atoms with Gasteiger partial charge < -0.3 is 4.74 Å². The van der Waals surface area contributed by atoms with Crippen molar-refractivity contribution in [3.05, 3.63) is 0 Å². The first-order valence-electron chi connectivity index (χ1n) is 6.52. The van der Waals surface area contributed by atoms with E-state index in [-0.39, 0.29) is 5.97 Å². The zero-order valence-electron chi connectivity index (χ0n) is 10.5. The van der Waals surface area contributed by atoms with Gasteiger partial charge in [-0.3, -0.25) is 4.79 Å². The standard InChI is InChI=1S/C13H25BrO2/c1-2-3-4-5-6-7-8-12-16-13(15)10-9-11-14/h2-12H2,1H3. The fourth-order valence-electron chi connectivity index (χ4n) is 1.53. The summed E-state index contributed by atoms with van der Waals surface area (Å²) in [7, 11) is 0. The Morgan fingerprint density at radius 1 is 1.00 bits per heavy atom. The van der Waals surface area contributed by atoms with Gasteiger partial charge in [0.25, 0.3) is 0 Å². The summed E-state index contributed by atoms with van der Waals surface area (Å²) in [5.41, 5.74) is 0. The SMILES string of the molecule is CCCCCCCCCOC(=O)CCCBr. The van der Waals surface area contributed by atoms with E-state index < -0.39 is 0 Å². The summed E-state index contributed by atoms with van der Waals surface area (Å²) in [6.07, 6.45) is 10.2. The molecule has 0 aliphatic rings. The minimum Gasteiger partial charge on any atom is -0.466 e. The molecule has 0 aliphatic heterocycles. The maximum absolute atomic E-state index is 11.1. The summed E-state index contributed by atoms with van der Waals surface area (Å²) < 4.78 is 5.11. The number of unbranched alkanes of at least 4 members (excludes halogenated alkanes) is 6. The molecular weight excluding hydrogens is 268 g/mol. The van der Waals surface area contributed by atoms with Crippen molar-refractivity contribution in [2.75, 3.05) is 11.9 Å². The van der Waals surface area contributed by atoms with Gasteiger partial charge in [0.2, 0.25) is 0 Å². The van der Waals surface area contributed by atoms with Crippen LogP contribution in [0.2, 0.25) is 0 Å². The molecule has 0 bridgehead atoms. The Hall–Kier alpha value is -0.0500. The van der Waals surface area contributed by atoms with Crippen molar-refractivity contribution in [3.63, 3.8) is 0 Å². The van der Waals surface area contributed by atoms with E-state index in [1.807, 2.05) is 0 Å². The van der Waals surface area contributed by atoms with Crippen LogP contribution < -0.4 is 0 Å². The molecule has 0 saturated carbocycles. The number of alkyl halides is 1. The fraction of sp³-hybridized carbons (Fsp3) is 0.923. The number of carbonyl (C=O) groups is 1. The molecule has 3 heteroatoms. The van der Waals surface area contributed by atoms with Crippen LogP contribution >= 0.6 is 15.9 Å². The molecule has 2 nitrogen and oxygen atoms in total. The van der Waals surface area contributed by atoms with Gasteiger partial charge in [-0.1, -0.05) is 61.4 Å². The van der Waals surface area contributed by atoms with E-state index in [2.05, 4.69) is 22.9 Å². The van der Waals surface area contributed by atoms with Crippen LogP contribution in [0.1, 0.15) is 64.7 Å². The average molecular weight is 293 g/mol. The normalized spacial score (nSPS) is 10.4. The second kappa shape index (κ2) is 13.0. The lowest BCUT2D eigenvalue weighted by molar-refractivity contribution is -0.143. The maximum atomic E-state index is 11.1. The van der Waals surface area contributed by atoms with Crippen molar-refractivity contribution < 1.29 is 9.53 Å². The van der Waals surface area contributed by atoms with E-state index in [0.717, 1.165) is 18.2 Å². The van der Waals surface area contributed by atoms with Crippen LogP contribution in [0, 0.1) is 0 Å². The average Bonchev–Trinajstić information content (AvgIpc) is 2.30. The predicted molar refractivity (Wildman–Crippen MR) is 72.0 cm³/mol. The highest BCUT2D eigenvalue weighted by molar-refractivity contribution is 9.09. The van der Waals surface area contributed by atoms with Crippen LogP contribution in [0.5, 0.6) is 0 Å². The molecule has 0 fully saturated rings. The highest BCUT2D eigenvalue weighted by atomic mass is 79.9. The Morgan fingerprint density at radius 3 is 2.25 bits per heavy atom. The Bertz CT molecular complexity index is 160. The van der Waals surface area contributed by atoms with Crippen molar-refractivity contribution in [2.24, 2.45) is 0 Å². The molecule has 0 aliphatic carbocycles. The van der Waals surface area contributed by atoms with E-state index in [9.17, 15) is 4.79 Å². The number of carbonyl (C=O) groups excluding carboxylic acids is 1. The minimum absolute atomic E-state index is 0.0505. The van der Waals surface area contributed by atoms with Gasteiger partial charge >= 0.3 is 5.97 Å². The third-order valence-electron chi connectivity index (χ3n) is 2.53. The Balaban J connectivity index is 3.05. The second-order valence-corrected chi connectivity index (χ2v) is 4.93. The molecule has 0 N–H and O–H groups in total. The third kappa shape index (κ3) is 12.0. The first-order valence-corrected chi connectivity index (χ1v) is 7.65. The molecule has 0 aromatic rings. The summed E-state index contributed by atoms with van der Waals surface area (Å²) >= 11 is 3.29. The summed E-state index contributed by atoms with van der Waals surface area (Å²) in [6.45, 7) is 2.83. The van der Waals surface area contributed by atoms with Gasteiger partial charge in [-0.05, 0) is 12.8 Å². The number of hydrogen-bond acceptors (Lipinski definition) is 2. The zero-order chi connectivity index (χ0) is 12.1. The van der Waals surface area contributed by atoms with Crippen LogP contribution in [-0.4, -0.2) is 17.9 Å². The van der Waals surface area contributed by atoms with Gasteiger partial charge in [-0.2, -0.15) is 0 Å². The van der Waals surface area contributed by atoms with Crippen molar-refractivity contribution in [1.82, 2.24) is 0 Å². The van der Waals surface area contributed by atoms with Crippen molar-refractivity contribution in [2.45, 2.75) is 64.7 Å². The molecule has 96 valence electrons. The summed E-state index contributed by atoms with van der Waals surface area (Å²) in [4.78, 5) is 11.1. The first kappa shape index (κ1) is 16.0. The highest BCUT2D eigenvalue weighted by Crippen LogP contribution is 2.07. The van der Waals surface area contributed by atoms with Crippen LogP contribution in [0.4, 0.5) is 0 Å². The third-order valence-corrected chi connectivity index (χ3v) is 3.09. The number of rotatable bonds is 11. The molecule has 0 atom stereocenters. The van der Waals surface area contributed by atoms with Gasteiger partial charge in [-0.15, -0.1) is 0 Å². The topological polar surface area (TPSA) is 26.3 Å². The van der Waals surface area contributed by atoms with E-state index >= 15 is 0 Å². The van der Waals surface area contributed by atoms with Gasteiger partial charge in [-0.25, -0.2) is 0 Å². The first-order chi connectivity index (χ1) is 7.81.